The van der Waals surface area contributed by atoms with Crippen molar-refractivity contribution in [2.24, 2.45) is 0 Å². The van der Waals surface area contributed by atoms with Crippen molar-refractivity contribution in [2.45, 2.75) is 5.16 Å². The van der Waals surface area contributed by atoms with E-state index in [1.54, 1.807) is 18.5 Å². The third kappa shape index (κ3) is 5.01. The molecule has 1 heterocycles. The monoisotopic (exact) mass is 361 g/mol. The zero-order valence-corrected chi connectivity index (χ0v) is 14.3. The molecule has 1 aromatic heterocycles. The predicted molar refractivity (Wildman–Crippen MR) is 90.5 cm³/mol. The van der Waals surface area contributed by atoms with Crippen LogP contribution in [0.15, 0.2) is 41.8 Å². The van der Waals surface area contributed by atoms with Crippen molar-refractivity contribution in [3.63, 3.8) is 0 Å². The van der Waals surface area contributed by atoms with Crippen molar-refractivity contribution in [1.29, 1.82) is 0 Å². The first kappa shape index (κ1) is 18.4. The number of hydrogen-bond donors (Lipinski definition) is 1. The highest BCUT2D eigenvalue weighted by Crippen LogP contribution is 2.20. The Kier molecular flexibility index (Phi) is 6.47. The smallest absolute Gasteiger partial charge is 0.339 e. The SMILES string of the molecule is COC(=O)c1ccc(C(=O)OC)c(NC(=O)CSc2ncccn2)c1. The number of anilines is 1. The Morgan fingerprint density at radius 3 is 2.40 bits per heavy atom. The summed E-state index contributed by atoms with van der Waals surface area (Å²) in [5.74, 6) is -1.57. The Morgan fingerprint density at radius 2 is 1.76 bits per heavy atom. The third-order valence-electron chi connectivity index (χ3n) is 2.99. The third-order valence-corrected chi connectivity index (χ3v) is 3.87. The van der Waals surface area contributed by atoms with E-state index in [2.05, 4.69) is 24.8 Å². The number of methoxy groups -OCH3 is 2. The summed E-state index contributed by atoms with van der Waals surface area (Å²) >= 11 is 1.14. The van der Waals surface area contributed by atoms with Crippen LogP contribution < -0.4 is 5.32 Å². The second-order valence-corrected chi connectivity index (χ2v) is 5.55. The molecule has 8 nitrogen and oxygen atoms in total. The number of benzene rings is 1. The minimum absolute atomic E-state index is 0.0348. The highest BCUT2D eigenvalue weighted by molar-refractivity contribution is 7.99. The molecule has 9 heteroatoms. The molecule has 25 heavy (non-hydrogen) atoms. The molecular formula is C16H15N3O5S. The van der Waals surface area contributed by atoms with Crippen molar-refractivity contribution in [3.8, 4) is 0 Å². The lowest BCUT2D eigenvalue weighted by Gasteiger charge is -2.11. The van der Waals surface area contributed by atoms with Gasteiger partial charge in [-0.05, 0) is 24.3 Å². The second-order valence-electron chi connectivity index (χ2n) is 4.61. The van der Waals surface area contributed by atoms with Gasteiger partial charge in [0.1, 0.15) is 0 Å². The molecule has 0 aliphatic rings. The molecule has 0 radical (unpaired) electrons. The summed E-state index contributed by atoms with van der Waals surface area (Å²) in [6.45, 7) is 0. The Morgan fingerprint density at radius 1 is 1.08 bits per heavy atom. The van der Waals surface area contributed by atoms with Gasteiger partial charge in [0.05, 0.1) is 36.8 Å². The molecule has 1 N–H and O–H groups in total. The Bertz CT molecular complexity index is 783. The topological polar surface area (TPSA) is 107 Å². The molecule has 1 amide bonds. The molecule has 2 aromatic rings. The standard InChI is InChI=1S/C16H15N3O5S/c1-23-14(21)10-4-5-11(15(22)24-2)12(8-10)19-13(20)9-25-16-17-6-3-7-18-16/h3-8H,9H2,1-2H3,(H,19,20). The van der Waals surface area contributed by atoms with Gasteiger partial charge >= 0.3 is 11.9 Å². The number of aromatic nitrogens is 2. The summed E-state index contributed by atoms with van der Waals surface area (Å²) < 4.78 is 9.32. The van der Waals surface area contributed by atoms with E-state index in [1.807, 2.05) is 0 Å². The molecule has 0 aliphatic heterocycles. The van der Waals surface area contributed by atoms with Gasteiger partial charge in [-0.1, -0.05) is 11.8 Å². The highest BCUT2D eigenvalue weighted by Gasteiger charge is 2.17. The maximum Gasteiger partial charge on any atom is 0.339 e. The number of ether oxygens (including phenoxy) is 2. The van der Waals surface area contributed by atoms with Gasteiger partial charge in [0.2, 0.25) is 5.91 Å². The molecule has 0 spiro atoms. The maximum atomic E-state index is 12.1. The van der Waals surface area contributed by atoms with Crippen molar-refractivity contribution in [1.82, 2.24) is 9.97 Å². The molecule has 130 valence electrons. The van der Waals surface area contributed by atoms with Gasteiger partial charge in [-0.25, -0.2) is 19.6 Å². The van der Waals surface area contributed by atoms with Crippen LogP contribution in [0.3, 0.4) is 0 Å². The highest BCUT2D eigenvalue weighted by atomic mass is 32.2. The number of hydrogen-bond acceptors (Lipinski definition) is 8. The summed E-state index contributed by atoms with van der Waals surface area (Å²) in [5, 5.41) is 3.04. The van der Waals surface area contributed by atoms with Gasteiger partial charge < -0.3 is 14.8 Å². The Labute approximate surface area is 148 Å². The normalized spacial score (nSPS) is 10.0. The first-order valence-corrected chi connectivity index (χ1v) is 8.04. The quantitative estimate of drug-likeness (QED) is 0.471. The fourth-order valence-corrected chi connectivity index (χ4v) is 2.46. The predicted octanol–water partition coefficient (Wildman–Crippen LogP) is 1.78. The number of amides is 1. The van der Waals surface area contributed by atoms with Crippen LogP contribution in [0.25, 0.3) is 0 Å². The zero-order chi connectivity index (χ0) is 18.2. The Hall–Kier alpha value is -2.94. The van der Waals surface area contributed by atoms with Gasteiger partial charge in [-0.15, -0.1) is 0 Å². The summed E-state index contributed by atoms with van der Waals surface area (Å²) in [6.07, 6.45) is 3.14. The summed E-state index contributed by atoms with van der Waals surface area (Å²) in [4.78, 5) is 43.6. The molecule has 0 bridgehead atoms. The van der Waals surface area contributed by atoms with Gasteiger partial charge in [0.25, 0.3) is 0 Å². The van der Waals surface area contributed by atoms with Gasteiger partial charge in [-0.2, -0.15) is 0 Å². The van der Waals surface area contributed by atoms with Gasteiger partial charge in [-0.3, -0.25) is 4.79 Å². The van der Waals surface area contributed by atoms with Crippen LogP contribution in [0.1, 0.15) is 20.7 Å². The Balaban J connectivity index is 2.15. The van der Waals surface area contributed by atoms with Crippen LogP contribution in [-0.2, 0) is 14.3 Å². The van der Waals surface area contributed by atoms with Crippen molar-refractivity contribution < 1.29 is 23.9 Å². The number of rotatable bonds is 6. The molecule has 2 rings (SSSR count). The lowest BCUT2D eigenvalue weighted by molar-refractivity contribution is -0.113. The molecule has 0 fully saturated rings. The molecule has 0 atom stereocenters. The summed E-state index contributed by atoms with van der Waals surface area (Å²) in [6, 6.07) is 5.84. The molecule has 0 saturated heterocycles. The van der Waals surface area contributed by atoms with Crippen LogP contribution in [0, 0.1) is 0 Å². The molecular weight excluding hydrogens is 346 g/mol. The summed E-state index contributed by atoms with van der Waals surface area (Å²) in [7, 11) is 2.47. The molecule has 0 aliphatic carbocycles. The van der Waals surface area contributed by atoms with Crippen molar-refractivity contribution in [2.75, 3.05) is 25.3 Å². The maximum absolute atomic E-state index is 12.1. The lowest BCUT2D eigenvalue weighted by Crippen LogP contribution is -2.18. The number of esters is 2. The zero-order valence-electron chi connectivity index (χ0n) is 13.5. The molecule has 1 aromatic carbocycles. The fourth-order valence-electron chi connectivity index (χ4n) is 1.86. The van der Waals surface area contributed by atoms with E-state index in [4.69, 9.17) is 0 Å². The van der Waals surface area contributed by atoms with Gasteiger partial charge in [0, 0.05) is 12.4 Å². The van der Waals surface area contributed by atoms with Crippen LogP contribution in [0.4, 0.5) is 5.69 Å². The minimum Gasteiger partial charge on any atom is -0.465 e. The average molecular weight is 361 g/mol. The number of thioether (sulfide) groups is 1. The average Bonchev–Trinajstić information content (AvgIpc) is 2.65. The number of nitrogens with zero attached hydrogens (tertiary/aromatic N) is 2. The van der Waals surface area contributed by atoms with E-state index in [9.17, 15) is 14.4 Å². The van der Waals surface area contributed by atoms with Crippen LogP contribution in [-0.4, -0.2) is 47.8 Å². The van der Waals surface area contributed by atoms with Crippen molar-refractivity contribution >= 4 is 35.3 Å². The number of carbonyl (C=O) groups is 3. The van der Waals surface area contributed by atoms with E-state index in [1.165, 1.54) is 32.4 Å². The lowest BCUT2D eigenvalue weighted by atomic mass is 10.1. The van der Waals surface area contributed by atoms with E-state index in [-0.39, 0.29) is 28.5 Å². The molecule has 0 unspecified atom stereocenters. The fraction of sp³-hybridized carbons (Fsp3) is 0.188. The number of nitrogens with one attached hydrogen (secondary N) is 1. The first-order chi connectivity index (χ1) is 12.0. The minimum atomic E-state index is -0.634. The summed E-state index contributed by atoms with van der Waals surface area (Å²) in [5.41, 5.74) is 0.489. The van der Waals surface area contributed by atoms with Crippen LogP contribution >= 0.6 is 11.8 Å². The van der Waals surface area contributed by atoms with Crippen LogP contribution in [0.5, 0.6) is 0 Å². The van der Waals surface area contributed by atoms with E-state index < -0.39 is 11.9 Å². The van der Waals surface area contributed by atoms with E-state index >= 15 is 0 Å². The van der Waals surface area contributed by atoms with Crippen LogP contribution in [0.2, 0.25) is 0 Å². The van der Waals surface area contributed by atoms with Crippen molar-refractivity contribution in [3.05, 3.63) is 47.8 Å². The first-order valence-electron chi connectivity index (χ1n) is 7.05. The van der Waals surface area contributed by atoms with Gasteiger partial charge in [0.15, 0.2) is 5.16 Å². The largest absolute Gasteiger partial charge is 0.465 e. The number of carbonyl (C=O) groups excluding carboxylic acids is 3. The molecule has 0 saturated carbocycles. The second kappa shape index (κ2) is 8.78. The van der Waals surface area contributed by atoms with E-state index in [0.29, 0.717) is 5.16 Å². The van der Waals surface area contributed by atoms with E-state index in [0.717, 1.165) is 11.8 Å².